The van der Waals surface area contributed by atoms with Crippen molar-refractivity contribution in [3.8, 4) is 5.75 Å². The Morgan fingerprint density at radius 1 is 1.38 bits per heavy atom. The van der Waals surface area contributed by atoms with Gasteiger partial charge in [-0.2, -0.15) is 0 Å². The summed E-state index contributed by atoms with van der Waals surface area (Å²) in [5, 5.41) is 15.4. The Bertz CT molecular complexity index is 395. The average molecular weight is 217 g/mol. The Morgan fingerprint density at radius 2 is 2.19 bits per heavy atom. The molecule has 16 heavy (non-hydrogen) atoms. The third-order valence-electron chi connectivity index (χ3n) is 2.26. The monoisotopic (exact) mass is 217 g/mol. The normalized spacial score (nSPS) is 14.9. The molecular formula is C12H15N3O. The molecule has 1 heterocycles. The lowest BCUT2D eigenvalue weighted by molar-refractivity contribution is 0.475. The molecule has 1 aromatic carbocycles. The first-order valence-electron chi connectivity index (χ1n) is 5.32. The van der Waals surface area contributed by atoms with E-state index in [0.29, 0.717) is 5.75 Å². The van der Waals surface area contributed by atoms with Crippen LogP contribution in [0.25, 0.3) is 6.08 Å². The highest BCUT2D eigenvalue weighted by Gasteiger charge is 2.00. The molecule has 0 radical (unpaired) electrons. The summed E-state index contributed by atoms with van der Waals surface area (Å²) >= 11 is 0. The number of nitrogens with zero attached hydrogens (tertiary/aromatic N) is 1. The number of hydrogen-bond acceptors (Lipinski definition) is 4. The van der Waals surface area contributed by atoms with Gasteiger partial charge in [-0.1, -0.05) is 24.3 Å². The van der Waals surface area contributed by atoms with Gasteiger partial charge in [-0.15, -0.1) is 0 Å². The van der Waals surface area contributed by atoms with Crippen molar-refractivity contribution in [2.24, 2.45) is 4.99 Å². The highest BCUT2D eigenvalue weighted by atomic mass is 16.3. The van der Waals surface area contributed by atoms with Gasteiger partial charge in [0.05, 0.1) is 6.54 Å². The lowest BCUT2D eigenvalue weighted by Gasteiger charge is -2.02. The summed E-state index contributed by atoms with van der Waals surface area (Å²) in [5.41, 5.74) is 1.07. The van der Waals surface area contributed by atoms with E-state index >= 15 is 0 Å². The first-order valence-corrected chi connectivity index (χ1v) is 5.32. The number of phenols is 1. The Balaban J connectivity index is 1.78. The highest BCUT2D eigenvalue weighted by Crippen LogP contribution is 2.10. The van der Waals surface area contributed by atoms with Gasteiger partial charge in [0, 0.05) is 13.1 Å². The van der Waals surface area contributed by atoms with Gasteiger partial charge in [0.2, 0.25) is 0 Å². The van der Waals surface area contributed by atoms with Crippen LogP contribution >= 0.6 is 0 Å². The minimum atomic E-state index is 0.291. The Hall–Kier alpha value is -1.97. The standard InChI is InChI=1S/C12H15N3O/c16-11-5-3-10(4-6-11)2-1-7-13-12-14-8-9-15-12/h1-6,16H,7-9H2,(H2,13,14,15)/b2-1+. The summed E-state index contributed by atoms with van der Waals surface area (Å²) in [6, 6.07) is 7.10. The summed E-state index contributed by atoms with van der Waals surface area (Å²) in [7, 11) is 0. The third-order valence-corrected chi connectivity index (χ3v) is 2.26. The Labute approximate surface area is 94.7 Å². The van der Waals surface area contributed by atoms with E-state index in [1.165, 1.54) is 0 Å². The zero-order valence-electron chi connectivity index (χ0n) is 8.98. The second-order valence-electron chi connectivity index (χ2n) is 3.53. The van der Waals surface area contributed by atoms with Crippen molar-refractivity contribution in [2.75, 3.05) is 19.6 Å². The molecule has 2 rings (SSSR count). The lowest BCUT2D eigenvalue weighted by Crippen LogP contribution is -2.33. The molecule has 0 saturated heterocycles. The van der Waals surface area contributed by atoms with E-state index in [2.05, 4.69) is 15.6 Å². The largest absolute Gasteiger partial charge is 0.508 e. The van der Waals surface area contributed by atoms with E-state index in [9.17, 15) is 0 Å². The SMILES string of the molecule is Oc1ccc(/C=C/CNC2=NCCN2)cc1. The van der Waals surface area contributed by atoms with Crippen LogP contribution in [0.15, 0.2) is 35.3 Å². The first-order chi connectivity index (χ1) is 7.84. The first kappa shape index (κ1) is 10.5. The molecule has 0 atom stereocenters. The van der Waals surface area contributed by atoms with Crippen LogP contribution in [0.5, 0.6) is 5.75 Å². The number of rotatable bonds is 3. The van der Waals surface area contributed by atoms with E-state index in [1.54, 1.807) is 12.1 Å². The molecule has 84 valence electrons. The fourth-order valence-electron chi connectivity index (χ4n) is 1.45. The molecule has 0 unspecified atom stereocenters. The minimum Gasteiger partial charge on any atom is -0.508 e. The molecule has 0 fully saturated rings. The van der Waals surface area contributed by atoms with Crippen LogP contribution in [0.2, 0.25) is 0 Å². The van der Waals surface area contributed by atoms with Crippen molar-refractivity contribution in [2.45, 2.75) is 0 Å². The van der Waals surface area contributed by atoms with E-state index < -0.39 is 0 Å². The summed E-state index contributed by atoms with van der Waals surface area (Å²) < 4.78 is 0. The number of aliphatic imine (C=N–C) groups is 1. The molecule has 0 saturated carbocycles. The van der Waals surface area contributed by atoms with Crippen LogP contribution in [-0.2, 0) is 0 Å². The molecule has 3 N–H and O–H groups in total. The summed E-state index contributed by atoms with van der Waals surface area (Å²) in [5.74, 6) is 1.16. The number of phenolic OH excluding ortho intramolecular Hbond substituents is 1. The topological polar surface area (TPSA) is 56.6 Å². The minimum absolute atomic E-state index is 0.291. The maximum absolute atomic E-state index is 9.11. The van der Waals surface area contributed by atoms with Crippen LogP contribution < -0.4 is 10.6 Å². The van der Waals surface area contributed by atoms with Crippen LogP contribution in [-0.4, -0.2) is 30.7 Å². The highest BCUT2D eigenvalue weighted by molar-refractivity contribution is 5.81. The molecule has 1 aromatic rings. The fourth-order valence-corrected chi connectivity index (χ4v) is 1.45. The molecule has 0 aliphatic carbocycles. The van der Waals surface area contributed by atoms with E-state index in [4.69, 9.17) is 5.11 Å². The quantitative estimate of drug-likeness (QED) is 0.706. The van der Waals surface area contributed by atoms with Gasteiger partial charge in [-0.05, 0) is 17.7 Å². The van der Waals surface area contributed by atoms with Crippen molar-refractivity contribution >= 4 is 12.0 Å². The second-order valence-corrected chi connectivity index (χ2v) is 3.53. The Morgan fingerprint density at radius 3 is 2.88 bits per heavy atom. The van der Waals surface area contributed by atoms with Crippen LogP contribution in [0, 0.1) is 0 Å². The van der Waals surface area contributed by atoms with Crippen LogP contribution in [0.3, 0.4) is 0 Å². The third kappa shape index (κ3) is 3.02. The molecule has 1 aliphatic rings. The summed E-state index contributed by atoms with van der Waals surface area (Å²) in [4.78, 5) is 4.22. The molecule has 0 bridgehead atoms. The zero-order chi connectivity index (χ0) is 11.2. The van der Waals surface area contributed by atoms with E-state index in [1.807, 2.05) is 24.3 Å². The van der Waals surface area contributed by atoms with Gasteiger partial charge in [0.15, 0.2) is 5.96 Å². The van der Waals surface area contributed by atoms with Crippen molar-refractivity contribution < 1.29 is 5.11 Å². The van der Waals surface area contributed by atoms with Gasteiger partial charge < -0.3 is 15.7 Å². The van der Waals surface area contributed by atoms with Gasteiger partial charge in [-0.3, -0.25) is 4.99 Å². The maximum Gasteiger partial charge on any atom is 0.191 e. The number of hydrogen-bond donors (Lipinski definition) is 3. The maximum atomic E-state index is 9.11. The number of guanidine groups is 1. The van der Waals surface area contributed by atoms with E-state index in [-0.39, 0.29) is 0 Å². The molecule has 0 spiro atoms. The smallest absolute Gasteiger partial charge is 0.191 e. The molecule has 4 heteroatoms. The van der Waals surface area contributed by atoms with Crippen molar-refractivity contribution in [3.05, 3.63) is 35.9 Å². The fraction of sp³-hybridized carbons (Fsp3) is 0.250. The molecular weight excluding hydrogens is 202 g/mol. The predicted octanol–water partition coefficient (Wildman–Crippen LogP) is 0.954. The molecule has 4 nitrogen and oxygen atoms in total. The molecule has 0 amide bonds. The predicted molar refractivity (Wildman–Crippen MR) is 65.4 cm³/mol. The van der Waals surface area contributed by atoms with Gasteiger partial charge in [0.1, 0.15) is 5.75 Å². The molecule has 0 aromatic heterocycles. The van der Waals surface area contributed by atoms with Gasteiger partial charge in [-0.25, -0.2) is 0 Å². The van der Waals surface area contributed by atoms with Gasteiger partial charge in [0.25, 0.3) is 0 Å². The number of benzene rings is 1. The van der Waals surface area contributed by atoms with Crippen LogP contribution in [0.1, 0.15) is 5.56 Å². The second kappa shape index (κ2) is 5.21. The van der Waals surface area contributed by atoms with Crippen molar-refractivity contribution in [1.29, 1.82) is 0 Å². The number of aromatic hydroxyl groups is 1. The lowest BCUT2D eigenvalue weighted by atomic mass is 10.2. The number of nitrogens with one attached hydrogen (secondary N) is 2. The summed E-state index contributed by atoms with van der Waals surface area (Å²) in [6.07, 6.45) is 4.02. The van der Waals surface area contributed by atoms with Crippen LogP contribution in [0.4, 0.5) is 0 Å². The van der Waals surface area contributed by atoms with Crippen molar-refractivity contribution in [1.82, 2.24) is 10.6 Å². The van der Waals surface area contributed by atoms with Gasteiger partial charge >= 0.3 is 0 Å². The van der Waals surface area contributed by atoms with Crippen molar-refractivity contribution in [3.63, 3.8) is 0 Å². The summed E-state index contributed by atoms with van der Waals surface area (Å²) in [6.45, 7) is 2.51. The Kier molecular flexibility index (Phi) is 3.43. The molecule has 1 aliphatic heterocycles. The van der Waals surface area contributed by atoms with E-state index in [0.717, 1.165) is 31.2 Å². The average Bonchev–Trinajstić information content (AvgIpc) is 2.80. The zero-order valence-corrected chi connectivity index (χ0v) is 8.98.